The minimum atomic E-state index is -3.66. The summed E-state index contributed by atoms with van der Waals surface area (Å²) < 4.78 is 6.59. The Morgan fingerprint density at radius 3 is 1.88 bits per heavy atom. The molecular formula is C39H46Cl2SiZr. The average molecular weight is 705 g/mol. The molecule has 0 amide bonds. The van der Waals surface area contributed by atoms with Crippen LogP contribution in [0.25, 0.3) is 34.4 Å². The van der Waals surface area contributed by atoms with Crippen molar-refractivity contribution in [2.75, 3.05) is 0 Å². The Morgan fingerprint density at radius 1 is 0.628 bits per heavy atom. The molecule has 2 aliphatic carbocycles. The molecule has 0 bridgehead atoms. The fourth-order valence-corrected chi connectivity index (χ4v) is 29.1. The van der Waals surface area contributed by atoms with Crippen LogP contribution < -0.4 is 0 Å². The molecule has 0 heterocycles. The van der Waals surface area contributed by atoms with Crippen LogP contribution in [-0.2, 0) is 17.4 Å². The summed E-state index contributed by atoms with van der Waals surface area (Å²) in [6.07, 6.45) is 5.16. The summed E-state index contributed by atoms with van der Waals surface area (Å²) in [6, 6.07) is 29.6. The van der Waals surface area contributed by atoms with Gasteiger partial charge in [0.15, 0.2) is 0 Å². The maximum atomic E-state index is 2.77. The number of aryl methyl sites for hydroxylation is 3. The molecule has 2 unspecified atom stereocenters. The monoisotopic (exact) mass is 702 g/mol. The summed E-state index contributed by atoms with van der Waals surface area (Å²) in [4.78, 5) is 0. The molecule has 0 aromatic heterocycles. The van der Waals surface area contributed by atoms with E-state index >= 15 is 0 Å². The van der Waals surface area contributed by atoms with Crippen molar-refractivity contribution < 1.29 is 17.4 Å². The van der Waals surface area contributed by atoms with Crippen LogP contribution in [-0.4, -0.2) is 6.88 Å². The summed E-state index contributed by atoms with van der Waals surface area (Å²) in [5.74, 6) is 0.515. The molecule has 2 atom stereocenters. The number of allylic oxidation sites excluding steroid dienone is 2. The van der Waals surface area contributed by atoms with Crippen molar-refractivity contribution in [2.24, 2.45) is 5.92 Å². The van der Waals surface area contributed by atoms with Gasteiger partial charge in [-0.2, -0.15) is 0 Å². The van der Waals surface area contributed by atoms with E-state index in [9.17, 15) is 0 Å². The van der Waals surface area contributed by atoms with Crippen molar-refractivity contribution in [1.82, 2.24) is 0 Å². The predicted molar refractivity (Wildman–Crippen MR) is 195 cm³/mol. The number of halogens is 2. The van der Waals surface area contributed by atoms with Crippen molar-refractivity contribution in [1.29, 1.82) is 0 Å². The Labute approximate surface area is 274 Å². The first kappa shape index (κ1) is 33.9. The largest absolute Gasteiger partial charge is 0.147 e. The molecule has 0 saturated heterocycles. The summed E-state index contributed by atoms with van der Waals surface area (Å²) in [6.45, 7) is 16.6. The van der Waals surface area contributed by atoms with Crippen molar-refractivity contribution in [2.45, 2.75) is 58.1 Å². The second-order valence-electron chi connectivity index (χ2n) is 14.2. The molecule has 6 rings (SSSR count). The van der Waals surface area contributed by atoms with E-state index in [0.29, 0.717) is 13.2 Å². The van der Waals surface area contributed by atoms with E-state index in [0.717, 1.165) is 0 Å². The van der Waals surface area contributed by atoms with E-state index in [4.69, 9.17) is 0 Å². The molecule has 43 heavy (non-hydrogen) atoms. The van der Waals surface area contributed by atoms with Gasteiger partial charge in [0, 0.05) is 0 Å². The molecule has 0 spiro atoms. The van der Waals surface area contributed by atoms with Gasteiger partial charge in [-0.25, -0.2) is 0 Å². The Morgan fingerprint density at radius 2 is 1.26 bits per heavy atom. The number of hydrogen-bond donors (Lipinski definition) is 0. The van der Waals surface area contributed by atoms with Crippen LogP contribution >= 0.6 is 24.8 Å². The minimum Gasteiger partial charge on any atom is -0.147 e. The first-order valence-corrected chi connectivity index (χ1v) is 28.9. The number of fused-ring (bicyclic) bond motifs is 2. The van der Waals surface area contributed by atoms with Crippen LogP contribution in [0.5, 0.6) is 0 Å². The summed E-state index contributed by atoms with van der Waals surface area (Å²) in [5.41, 5.74) is 19.1. The third-order valence-electron chi connectivity index (χ3n) is 10.1. The molecule has 2 aliphatic rings. The Bertz CT molecular complexity index is 1820. The topological polar surface area (TPSA) is 0 Å². The fraction of sp³-hybridized carbons (Fsp3) is 0.282. The first-order chi connectivity index (χ1) is 19.4. The van der Waals surface area contributed by atoms with Gasteiger partial charge < -0.3 is 0 Å². The van der Waals surface area contributed by atoms with E-state index in [1.165, 1.54) is 50.1 Å². The van der Waals surface area contributed by atoms with Gasteiger partial charge in [-0.15, -0.1) is 24.8 Å². The van der Waals surface area contributed by atoms with Crippen LogP contribution in [0.3, 0.4) is 0 Å². The van der Waals surface area contributed by atoms with Crippen molar-refractivity contribution in [3.63, 3.8) is 0 Å². The predicted octanol–water partition coefficient (Wildman–Crippen LogP) is 11.4. The zero-order valence-electron chi connectivity index (χ0n) is 26.9. The standard InChI is InChI=1S/C19H19.C18H17.2CH3.2ClH.H2Si.Zr/c1-12-10-17-13(2)8-9-16(18(17)11-12)19-14(3)6-5-7-15(19)4;1-13(2)16-11-15-9-6-10-17(18(15)12-16)14-7-4-3-5-8-14;;;;;;/h5-11H,1-4H3;3-13H,1-2H3;2*1H3;2*1H;1H2;. The Hall–Kier alpha value is -1.96. The Kier molecular flexibility index (Phi) is 9.54. The quantitative estimate of drug-likeness (QED) is 0.181. The number of rotatable bonds is 5. The molecule has 4 aromatic rings. The SMILES string of the molecule is CC1=Cc2c(-c3c(C)cccc3C)ccc(C)c2[CH]1[Zr]([CH3])([CH3])(=[SiH2])[CH]1C(C(C)C)=Cc2c(-c3ccccc3)cccc21.Cl.Cl. The van der Waals surface area contributed by atoms with Crippen LogP contribution in [0.15, 0.2) is 90.0 Å². The third-order valence-corrected chi connectivity index (χ3v) is 27.7. The van der Waals surface area contributed by atoms with Gasteiger partial charge in [-0.3, -0.25) is 0 Å². The van der Waals surface area contributed by atoms with Gasteiger partial charge in [-0.05, 0) is 0 Å². The van der Waals surface area contributed by atoms with Crippen LogP contribution in [0.2, 0.25) is 9.26 Å². The van der Waals surface area contributed by atoms with E-state index in [2.05, 4.69) is 149 Å². The maximum absolute atomic E-state index is 3.66. The summed E-state index contributed by atoms with van der Waals surface area (Å²) in [5, 5.41) is 0. The van der Waals surface area contributed by atoms with E-state index in [1.54, 1.807) is 22.3 Å². The van der Waals surface area contributed by atoms with Gasteiger partial charge in [0.2, 0.25) is 0 Å². The van der Waals surface area contributed by atoms with Gasteiger partial charge in [0.1, 0.15) is 0 Å². The molecule has 4 heteroatoms. The molecule has 0 N–H and O–H groups in total. The second kappa shape index (κ2) is 12.1. The molecular weight excluding hydrogens is 659 g/mol. The zero-order valence-corrected chi connectivity index (χ0v) is 32.4. The minimum absolute atomic E-state index is 0. The molecule has 0 nitrogen and oxygen atoms in total. The fourth-order valence-electron chi connectivity index (χ4n) is 8.52. The molecule has 0 saturated carbocycles. The van der Waals surface area contributed by atoms with Crippen molar-refractivity contribution >= 4 is 43.8 Å². The molecule has 4 aromatic carbocycles. The van der Waals surface area contributed by atoms with Gasteiger partial charge in [-0.1, -0.05) is 0 Å². The van der Waals surface area contributed by atoms with E-state index < -0.39 is 17.4 Å². The summed E-state index contributed by atoms with van der Waals surface area (Å²) >= 11 is -3.66. The molecule has 0 radical (unpaired) electrons. The van der Waals surface area contributed by atoms with Gasteiger partial charge in [0.25, 0.3) is 0 Å². The van der Waals surface area contributed by atoms with Crippen LogP contribution in [0.4, 0.5) is 0 Å². The second-order valence-corrected chi connectivity index (χ2v) is 44.7. The van der Waals surface area contributed by atoms with Gasteiger partial charge in [0.05, 0.1) is 0 Å². The molecule has 224 valence electrons. The smallest absolute Gasteiger partial charge is 0.147 e. The average Bonchev–Trinajstić information content (AvgIpc) is 3.50. The first-order valence-electron chi connectivity index (χ1n) is 15.2. The van der Waals surface area contributed by atoms with E-state index in [-0.39, 0.29) is 24.8 Å². The number of hydrogen-bond acceptors (Lipinski definition) is 0. The third kappa shape index (κ3) is 5.46. The Balaban J connectivity index is 0.00000212. The number of benzene rings is 4. The van der Waals surface area contributed by atoms with Gasteiger partial charge >= 0.3 is 252 Å². The van der Waals surface area contributed by atoms with E-state index in [1.807, 2.05) is 0 Å². The maximum Gasteiger partial charge on any atom is -0.147 e. The zero-order chi connectivity index (χ0) is 29.3. The van der Waals surface area contributed by atoms with Crippen LogP contribution in [0, 0.1) is 26.7 Å². The molecule has 0 aliphatic heterocycles. The van der Waals surface area contributed by atoms with Crippen molar-refractivity contribution in [3.05, 3.63) is 129 Å². The normalized spacial score (nSPS) is 17.4. The van der Waals surface area contributed by atoms with Crippen molar-refractivity contribution in [3.8, 4) is 22.3 Å². The van der Waals surface area contributed by atoms with Crippen LogP contribution in [0.1, 0.15) is 67.0 Å². The molecule has 0 fully saturated rings. The summed E-state index contributed by atoms with van der Waals surface area (Å²) in [7, 11) is 0.